The molecule has 0 aromatic heterocycles. The SMILES string of the molecule is C=CC.c1ccc2cc(-c3cc4c5c(cccc5c3)-c3ccc(-c5ccc6c(c5)Oc5cc(-c7ccc8ccccc8c7)cc7cccc-6c57)cc3O4)ccc2c1. The highest BCUT2D eigenvalue weighted by atomic mass is 16.5. The predicted octanol–water partition coefficient (Wildman–Crippen LogP) is 16.0. The first-order chi connectivity index (χ1) is 28.1. The van der Waals surface area contributed by atoms with Crippen LogP contribution in [-0.4, -0.2) is 0 Å². The summed E-state index contributed by atoms with van der Waals surface area (Å²) in [6.07, 6.45) is 1.75. The fourth-order valence-corrected chi connectivity index (χ4v) is 8.71. The second-order valence-corrected chi connectivity index (χ2v) is 14.9. The van der Waals surface area contributed by atoms with Crippen LogP contribution in [0.4, 0.5) is 0 Å². The van der Waals surface area contributed by atoms with E-state index in [9.17, 15) is 0 Å². The van der Waals surface area contributed by atoms with Crippen molar-refractivity contribution in [1.29, 1.82) is 0 Å². The quantitative estimate of drug-likeness (QED) is 0.169. The van der Waals surface area contributed by atoms with Gasteiger partial charge in [0.2, 0.25) is 0 Å². The van der Waals surface area contributed by atoms with Crippen LogP contribution in [0.1, 0.15) is 6.92 Å². The first-order valence-electron chi connectivity index (χ1n) is 19.5. The van der Waals surface area contributed by atoms with Gasteiger partial charge in [0.15, 0.2) is 0 Å². The molecule has 0 saturated carbocycles. The van der Waals surface area contributed by atoms with Gasteiger partial charge in [-0.25, -0.2) is 0 Å². The molecule has 10 aromatic carbocycles. The van der Waals surface area contributed by atoms with Gasteiger partial charge in [0.05, 0.1) is 0 Å². The molecule has 57 heavy (non-hydrogen) atoms. The van der Waals surface area contributed by atoms with Crippen LogP contribution >= 0.6 is 0 Å². The number of benzene rings is 10. The first-order valence-corrected chi connectivity index (χ1v) is 19.5. The molecular weight excluding hydrogens is 693 g/mol. The third-order valence-corrected chi connectivity index (χ3v) is 11.4. The molecule has 268 valence electrons. The van der Waals surface area contributed by atoms with E-state index in [0.29, 0.717) is 0 Å². The predicted molar refractivity (Wildman–Crippen MR) is 240 cm³/mol. The molecule has 2 heterocycles. The lowest BCUT2D eigenvalue weighted by Gasteiger charge is -2.24. The molecule has 2 aliphatic heterocycles. The zero-order valence-corrected chi connectivity index (χ0v) is 31.4. The first kappa shape index (κ1) is 33.0. The maximum atomic E-state index is 6.81. The highest BCUT2D eigenvalue weighted by Crippen LogP contribution is 2.51. The Hall–Kier alpha value is -7.42. The van der Waals surface area contributed by atoms with E-state index in [0.717, 1.165) is 67.2 Å². The summed E-state index contributed by atoms with van der Waals surface area (Å²) in [5.41, 5.74) is 11.4. The minimum atomic E-state index is 0.858. The second-order valence-electron chi connectivity index (χ2n) is 14.9. The van der Waals surface area contributed by atoms with Crippen LogP contribution in [0.3, 0.4) is 0 Å². The average molecular weight is 729 g/mol. The van der Waals surface area contributed by atoms with Crippen molar-refractivity contribution in [3.8, 4) is 78.6 Å². The van der Waals surface area contributed by atoms with Crippen molar-refractivity contribution < 1.29 is 9.47 Å². The van der Waals surface area contributed by atoms with Crippen LogP contribution in [0.2, 0.25) is 0 Å². The molecule has 0 fully saturated rings. The second kappa shape index (κ2) is 13.1. The zero-order chi connectivity index (χ0) is 38.0. The molecule has 0 saturated heterocycles. The van der Waals surface area contributed by atoms with Crippen molar-refractivity contribution in [3.63, 3.8) is 0 Å². The van der Waals surface area contributed by atoms with Crippen LogP contribution in [0.5, 0.6) is 23.0 Å². The molecule has 0 aliphatic carbocycles. The number of allylic oxidation sites excluding steroid dienone is 1. The lowest BCUT2D eigenvalue weighted by Crippen LogP contribution is -1.99. The molecule has 0 atom stereocenters. The van der Waals surface area contributed by atoms with Crippen LogP contribution in [0, 0.1) is 0 Å². The number of rotatable bonds is 3. The molecule has 0 N–H and O–H groups in total. The third kappa shape index (κ3) is 5.49. The zero-order valence-electron chi connectivity index (χ0n) is 31.4. The van der Waals surface area contributed by atoms with Crippen LogP contribution in [0.15, 0.2) is 195 Å². The Bertz CT molecular complexity index is 3060. The largest absolute Gasteiger partial charge is 0.456 e. The van der Waals surface area contributed by atoms with E-state index in [-0.39, 0.29) is 0 Å². The summed E-state index contributed by atoms with van der Waals surface area (Å²) in [5, 5.41) is 9.59. The molecule has 10 aromatic rings. The van der Waals surface area contributed by atoms with Crippen molar-refractivity contribution in [3.05, 3.63) is 195 Å². The number of fused-ring (bicyclic) bond motifs is 6. The highest BCUT2D eigenvalue weighted by molar-refractivity contribution is 6.08. The van der Waals surface area contributed by atoms with E-state index in [1.165, 1.54) is 54.6 Å². The minimum Gasteiger partial charge on any atom is -0.456 e. The van der Waals surface area contributed by atoms with Gasteiger partial charge in [-0.05, 0) is 144 Å². The monoisotopic (exact) mass is 728 g/mol. The van der Waals surface area contributed by atoms with E-state index in [4.69, 9.17) is 9.47 Å². The van der Waals surface area contributed by atoms with E-state index >= 15 is 0 Å². The van der Waals surface area contributed by atoms with E-state index in [2.05, 4.69) is 189 Å². The summed E-state index contributed by atoms with van der Waals surface area (Å²) in [4.78, 5) is 0. The number of ether oxygens (including phenoxy) is 2. The molecule has 12 rings (SSSR count). The van der Waals surface area contributed by atoms with Gasteiger partial charge >= 0.3 is 0 Å². The molecule has 0 spiro atoms. The van der Waals surface area contributed by atoms with Gasteiger partial charge < -0.3 is 9.47 Å². The van der Waals surface area contributed by atoms with Crippen LogP contribution in [0.25, 0.3) is 98.7 Å². The average Bonchev–Trinajstić information content (AvgIpc) is 3.26. The van der Waals surface area contributed by atoms with Crippen molar-refractivity contribution in [2.75, 3.05) is 0 Å². The van der Waals surface area contributed by atoms with Gasteiger partial charge in [0, 0.05) is 21.9 Å². The van der Waals surface area contributed by atoms with Gasteiger partial charge in [-0.3, -0.25) is 0 Å². The fourth-order valence-electron chi connectivity index (χ4n) is 8.71. The molecule has 0 unspecified atom stereocenters. The summed E-state index contributed by atoms with van der Waals surface area (Å²) < 4.78 is 13.6. The molecule has 0 radical (unpaired) electrons. The number of hydrogen-bond donors (Lipinski definition) is 0. The van der Waals surface area contributed by atoms with E-state index in [1.54, 1.807) is 6.08 Å². The lowest BCUT2D eigenvalue weighted by atomic mass is 9.89. The molecule has 2 nitrogen and oxygen atoms in total. The molecular formula is C55H36O2. The Kier molecular flexibility index (Phi) is 7.58. The van der Waals surface area contributed by atoms with Gasteiger partial charge in [-0.2, -0.15) is 0 Å². The summed E-state index contributed by atoms with van der Waals surface area (Å²) in [7, 11) is 0. The molecule has 2 aliphatic rings. The fraction of sp³-hybridized carbons (Fsp3) is 0.0182. The molecule has 2 heteroatoms. The smallest absolute Gasteiger partial charge is 0.136 e. The van der Waals surface area contributed by atoms with Gasteiger partial charge in [0.1, 0.15) is 23.0 Å². The summed E-state index contributed by atoms with van der Waals surface area (Å²) in [5.74, 6) is 3.49. The lowest BCUT2D eigenvalue weighted by molar-refractivity contribution is 0.486. The van der Waals surface area contributed by atoms with Crippen LogP contribution in [-0.2, 0) is 0 Å². The standard InChI is InChI=1S/C52H30O2.C3H6/c1-3-9-33-23-35(17-15-31(33)7-1)41-25-39-11-5-13-45-43-21-19-37(27-47(43)53-49(29-41)51(39)45)38-20-22-44-46-14-6-12-40-26-42(30-50(52(40)46)54-48(44)28-38)36-18-16-32-8-2-4-10-34(32)24-36;1-3-2/h1-30H;3H,1H2,2H3. The third-order valence-electron chi connectivity index (χ3n) is 11.4. The Morgan fingerprint density at radius 1 is 0.316 bits per heavy atom. The minimum absolute atomic E-state index is 0.858. The summed E-state index contributed by atoms with van der Waals surface area (Å²) in [6, 6.07) is 65.6. The highest BCUT2D eigenvalue weighted by Gasteiger charge is 2.24. The molecule has 0 bridgehead atoms. The maximum Gasteiger partial charge on any atom is 0.136 e. The van der Waals surface area contributed by atoms with Crippen molar-refractivity contribution in [1.82, 2.24) is 0 Å². The van der Waals surface area contributed by atoms with E-state index < -0.39 is 0 Å². The van der Waals surface area contributed by atoms with Gasteiger partial charge in [-0.15, -0.1) is 6.58 Å². The number of hydrogen-bond acceptors (Lipinski definition) is 2. The van der Waals surface area contributed by atoms with Crippen molar-refractivity contribution in [2.45, 2.75) is 6.92 Å². The van der Waals surface area contributed by atoms with Gasteiger partial charge in [0.25, 0.3) is 0 Å². The van der Waals surface area contributed by atoms with Crippen molar-refractivity contribution >= 4 is 43.1 Å². The Morgan fingerprint density at radius 2 is 0.667 bits per heavy atom. The maximum absolute atomic E-state index is 6.81. The Labute approximate surface area is 331 Å². The molecule has 0 amide bonds. The van der Waals surface area contributed by atoms with Crippen molar-refractivity contribution in [2.24, 2.45) is 0 Å². The topological polar surface area (TPSA) is 18.5 Å². The van der Waals surface area contributed by atoms with Gasteiger partial charge in [-0.1, -0.05) is 127 Å². The Balaban J connectivity index is 0.00000121. The Morgan fingerprint density at radius 3 is 1.12 bits per heavy atom. The summed E-state index contributed by atoms with van der Waals surface area (Å²) in [6.45, 7) is 5.25. The van der Waals surface area contributed by atoms with Crippen LogP contribution < -0.4 is 9.47 Å². The normalized spacial score (nSPS) is 11.9. The summed E-state index contributed by atoms with van der Waals surface area (Å²) >= 11 is 0. The van der Waals surface area contributed by atoms with E-state index in [1.807, 2.05) is 6.92 Å².